The van der Waals surface area contributed by atoms with Crippen LogP contribution in [-0.4, -0.2) is 41.8 Å². The Labute approximate surface area is 134 Å². The molecule has 2 saturated heterocycles. The lowest BCUT2D eigenvalue weighted by molar-refractivity contribution is -0.152. The van der Waals surface area contributed by atoms with Crippen molar-refractivity contribution in [3.05, 3.63) is 30.1 Å². The first-order valence-electron chi connectivity index (χ1n) is 7.45. The van der Waals surface area contributed by atoms with Crippen LogP contribution in [0, 0.1) is 11.7 Å². The molecular weight excluding hydrogens is 301 g/mol. The van der Waals surface area contributed by atoms with Crippen molar-refractivity contribution in [2.24, 2.45) is 11.7 Å². The SMILES string of the molecule is CCN1CC2(C1=O)C(C)CC(=O)N2c1ccc(F)cc1.NC=O. The molecule has 0 bridgehead atoms. The molecular formula is C16H20FN3O3. The van der Waals surface area contributed by atoms with Crippen molar-refractivity contribution in [1.29, 1.82) is 0 Å². The zero-order valence-corrected chi connectivity index (χ0v) is 13.2. The van der Waals surface area contributed by atoms with Crippen LogP contribution < -0.4 is 10.6 Å². The first-order valence-corrected chi connectivity index (χ1v) is 7.45. The number of carbonyl (C=O) groups is 3. The summed E-state index contributed by atoms with van der Waals surface area (Å²) in [6.07, 6.45) is 0.612. The Morgan fingerprint density at radius 3 is 2.39 bits per heavy atom. The summed E-state index contributed by atoms with van der Waals surface area (Å²) in [5, 5.41) is 0. The Morgan fingerprint density at radius 1 is 1.35 bits per heavy atom. The number of β-lactam (4-membered cyclic amide) rings is 1. The van der Waals surface area contributed by atoms with Gasteiger partial charge in [-0.05, 0) is 37.1 Å². The van der Waals surface area contributed by atoms with Crippen LogP contribution >= 0.6 is 0 Å². The van der Waals surface area contributed by atoms with E-state index >= 15 is 0 Å². The molecule has 2 aliphatic rings. The van der Waals surface area contributed by atoms with E-state index in [0.717, 1.165) is 0 Å². The molecule has 1 spiro atoms. The Bertz CT molecular complexity index is 620. The maximum absolute atomic E-state index is 13.1. The highest BCUT2D eigenvalue weighted by Crippen LogP contribution is 2.45. The van der Waals surface area contributed by atoms with E-state index in [1.54, 1.807) is 21.9 Å². The van der Waals surface area contributed by atoms with Gasteiger partial charge in [0.25, 0.3) is 5.91 Å². The van der Waals surface area contributed by atoms with E-state index in [0.29, 0.717) is 25.2 Å². The zero-order chi connectivity index (χ0) is 17.2. The average molecular weight is 321 g/mol. The van der Waals surface area contributed by atoms with E-state index in [2.05, 4.69) is 5.73 Å². The number of likely N-dealkylation sites (tertiary alicyclic amines) is 1. The number of likely N-dealkylation sites (N-methyl/N-ethyl adjacent to an activating group) is 1. The molecule has 2 unspecified atom stereocenters. The Morgan fingerprint density at radius 2 is 1.91 bits per heavy atom. The van der Waals surface area contributed by atoms with Crippen molar-refractivity contribution in [2.75, 3.05) is 18.0 Å². The summed E-state index contributed by atoms with van der Waals surface area (Å²) in [5.74, 6) is -0.427. The van der Waals surface area contributed by atoms with Crippen LogP contribution in [0.25, 0.3) is 0 Å². The zero-order valence-electron chi connectivity index (χ0n) is 13.2. The van der Waals surface area contributed by atoms with Gasteiger partial charge in [0.1, 0.15) is 11.4 Å². The van der Waals surface area contributed by atoms with Crippen LogP contribution in [0.4, 0.5) is 10.1 Å². The number of hydrogen-bond donors (Lipinski definition) is 1. The second-order valence-corrected chi connectivity index (χ2v) is 5.69. The number of primary amides is 1. The minimum absolute atomic E-state index is 0.00248. The van der Waals surface area contributed by atoms with Gasteiger partial charge in [0, 0.05) is 18.7 Å². The van der Waals surface area contributed by atoms with Crippen LogP contribution in [0.5, 0.6) is 0 Å². The number of nitrogens with zero attached hydrogens (tertiary/aromatic N) is 2. The van der Waals surface area contributed by atoms with Gasteiger partial charge in [-0.3, -0.25) is 19.3 Å². The van der Waals surface area contributed by atoms with E-state index in [1.165, 1.54) is 12.1 Å². The van der Waals surface area contributed by atoms with E-state index < -0.39 is 5.54 Å². The van der Waals surface area contributed by atoms with Crippen molar-refractivity contribution in [1.82, 2.24) is 4.90 Å². The van der Waals surface area contributed by atoms with Gasteiger partial charge in [-0.2, -0.15) is 0 Å². The van der Waals surface area contributed by atoms with Crippen molar-refractivity contribution in [3.8, 4) is 0 Å². The minimum Gasteiger partial charge on any atom is -0.372 e. The molecule has 124 valence electrons. The normalized spacial score (nSPS) is 26.0. The van der Waals surface area contributed by atoms with Gasteiger partial charge in [-0.25, -0.2) is 4.39 Å². The molecule has 0 aliphatic carbocycles. The summed E-state index contributed by atoms with van der Waals surface area (Å²) >= 11 is 0. The Kier molecular flexibility index (Phi) is 4.68. The second kappa shape index (κ2) is 6.36. The summed E-state index contributed by atoms with van der Waals surface area (Å²) in [7, 11) is 0. The Hall–Kier alpha value is -2.44. The highest BCUT2D eigenvalue weighted by atomic mass is 19.1. The van der Waals surface area contributed by atoms with Crippen LogP contribution in [0.3, 0.4) is 0 Å². The van der Waals surface area contributed by atoms with Crippen LogP contribution in [0.1, 0.15) is 20.3 Å². The molecule has 2 aliphatic heterocycles. The van der Waals surface area contributed by atoms with Crippen LogP contribution in [-0.2, 0) is 14.4 Å². The molecule has 3 rings (SSSR count). The third kappa shape index (κ3) is 2.56. The molecule has 1 aromatic carbocycles. The molecule has 0 radical (unpaired) electrons. The molecule has 6 nitrogen and oxygen atoms in total. The second-order valence-electron chi connectivity index (χ2n) is 5.69. The predicted molar refractivity (Wildman–Crippen MR) is 82.9 cm³/mol. The van der Waals surface area contributed by atoms with Crippen molar-refractivity contribution in [2.45, 2.75) is 25.8 Å². The van der Waals surface area contributed by atoms with E-state index in [9.17, 15) is 14.0 Å². The Balaban J connectivity index is 0.000000595. The standard InChI is InChI=1S/C15H17FN2O2.CH3NO/c1-3-17-9-15(14(17)20)10(2)8-13(19)18(15)12-6-4-11(16)5-7-12;2-1-3/h4-7,10H,3,8-9H2,1-2H3;1H,(H2,2,3). The minimum atomic E-state index is -0.759. The van der Waals surface area contributed by atoms with E-state index in [1.807, 2.05) is 13.8 Å². The molecule has 3 amide bonds. The highest BCUT2D eigenvalue weighted by molar-refractivity contribution is 6.10. The summed E-state index contributed by atoms with van der Waals surface area (Å²) < 4.78 is 13.1. The number of hydrogen-bond acceptors (Lipinski definition) is 3. The molecule has 7 heteroatoms. The summed E-state index contributed by atoms with van der Waals surface area (Å²) in [6.45, 7) is 5.08. The van der Waals surface area contributed by atoms with Gasteiger partial charge in [0.15, 0.2) is 0 Å². The number of nitrogens with two attached hydrogens (primary N) is 1. The number of carbonyl (C=O) groups excluding carboxylic acids is 3. The third-order valence-corrected chi connectivity index (χ3v) is 4.50. The van der Waals surface area contributed by atoms with Crippen LogP contribution in [0.15, 0.2) is 24.3 Å². The largest absolute Gasteiger partial charge is 0.372 e. The fourth-order valence-corrected chi connectivity index (χ4v) is 3.33. The van der Waals surface area contributed by atoms with Crippen LogP contribution in [0.2, 0.25) is 0 Å². The van der Waals surface area contributed by atoms with E-state index in [4.69, 9.17) is 4.79 Å². The van der Waals surface area contributed by atoms with Gasteiger partial charge in [-0.15, -0.1) is 0 Å². The third-order valence-electron chi connectivity index (χ3n) is 4.50. The van der Waals surface area contributed by atoms with Crippen molar-refractivity contribution >= 4 is 23.9 Å². The maximum Gasteiger partial charge on any atom is 0.251 e. The molecule has 1 aromatic rings. The smallest absolute Gasteiger partial charge is 0.251 e. The first kappa shape index (κ1) is 16.9. The van der Waals surface area contributed by atoms with Crippen molar-refractivity contribution < 1.29 is 18.8 Å². The maximum atomic E-state index is 13.1. The van der Waals surface area contributed by atoms with Gasteiger partial charge >= 0.3 is 0 Å². The van der Waals surface area contributed by atoms with Gasteiger partial charge in [0.05, 0.1) is 6.54 Å². The predicted octanol–water partition coefficient (Wildman–Crippen LogP) is 0.901. The molecule has 0 aromatic heterocycles. The van der Waals surface area contributed by atoms with Gasteiger partial charge in [-0.1, -0.05) is 6.92 Å². The van der Waals surface area contributed by atoms with Gasteiger partial charge < -0.3 is 10.6 Å². The summed E-state index contributed by atoms with van der Waals surface area (Å²) in [6, 6.07) is 5.77. The number of rotatable bonds is 2. The fourth-order valence-electron chi connectivity index (χ4n) is 3.33. The molecule has 2 heterocycles. The highest BCUT2D eigenvalue weighted by Gasteiger charge is 2.64. The molecule has 2 N–H and O–H groups in total. The fraction of sp³-hybridized carbons (Fsp3) is 0.438. The molecule has 0 saturated carbocycles. The first-order chi connectivity index (χ1) is 10.9. The lowest BCUT2D eigenvalue weighted by Gasteiger charge is -2.52. The molecule has 23 heavy (non-hydrogen) atoms. The molecule has 2 fully saturated rings. The number of amides is 3. The molecule has 2 atom stereocenters. The number of halogens is 1. The number of anilines is 1. The lowest BCUT2D eigenvalue weighted by atomic mass is 9.78. The quantitative estimate of drug-likeness (QED) is 0.649. The topological polar surface area (TPSA) is 83.7 Å². The summed E-state index contributed by atoms with van der Waals surface area (Å²) in [4.78, 5) is 36.7. The summed E-state index contributed by atoms with van der Waals surface area (Å²) in [5.41, 5.74) is 4.01. The average Bonchev–Trinajstić information content (AvgIpc) is 2.78. The lowest BCUT2D eigenvalue weighted by Crippen LogP contribution is -2.74. The number of benzene rings is 1. The van der Waals surface area contributed by atoms with Gasteiger partial charge in [0.2, 0.25) is 12.3 Å². The van der Waals surface area contributed by atoms with Crippen molar-refractivity contribution in [3.63, 3.8) is 0 Å². The van der Waals surface area contributed by atoms with E-state index in [-0.39, 0.29) is 30.0 Å². The monoisotopic (exact) mass is 321 g/mol.